The summed E-state index contributed by atoms with van der Waals surface area (Å²) in [6.45, 7) is 0. The number of carbonyl (C=O) groups excluding carboxylic acids is 1. The molecule has 6 rings (SSSR count). The Hall–Kier alpha value is -5.17. The van der Waals surface area contributed by atoms with Crippen molar-refractivity contribution in [1.29, 1.82) is 0 Å². The Kier molecular flexibility index (Phi) is 6.19. The molecule has 0 atom stereocenters. The molecule has 1 aromatic heterocycles. The predicted molar refractivity (Wildman–Crippen MR) is 149 cm³/mol. The van der Waals surface area contributed by atoms with Gasteiger partial charge in [-0.15, -0.1) is 0 Å². The molecule has 7 heteroatoms. The molecule has 1 heterocycles. The fourth-order valence-corrected chi connectivity index (χ4v) is 4.83. The highest BCUT2D eigenvalue weighted by molar-refractivity contribution is 5.99. The van der Waals surface area contributed by atoms with E-state index in [9.17, 15) is 22.8 Å². The van der Waals surface area contributed by atoms with Crippen molar-refractivity contribution in [2.75, 3.05) is 0 Å². The van der Waals surface area contributed by atoms with Gasteiger partial charge in [0.05, 0.1) is 10.9 Å². The van der Waals surface area contributed by atoms with E-state index in [1.807, 2.05) is 42.5 Å². The van der Waals surface area contributed by atoms with Gasteiger partial charge in [-0.25, -0.2) is 4.79 Å². The lowest BCUT2D eigenvalue weighted by atomic mass is 9.96. The van der Waals surface area contributed by atoms with Crippen molar-refractivity contribution < 1.29 is 27.1 Å². The molecule has 6 aromatic rings. The lowest BCUT2D eigenvalue weighted by Crippen LogP contribution is -2.16. The molecular weight excluding hydrogens is 517 g/mol. The Morgan fingerprint density at radius 2 is 1.40 bits per heavy atom. The topological polar surface area (TPSA) is 56.5 Å². The van der Waals surface area contributed by atoms with Gasteiger partial charge in [0.1, 0.15) is 11.3 Å². The summed E-state index contributed by atoms with van der Waals surface area (Å²) in [6, 6.07) is 28.8. The van der Waals surface area contributed by atoms with Gasteiger partial charge in [-0.05, 0) is 50.9 Å². The van der Waals surface area contributed by atoms with Gasteiger partial charge in [-0.3, -0.25) is 4.79 Å². The van der Waals surface area contributed by atoms with Crippen molar-refractivity contribution in [3.05, 3.63) is 131 Å². The first-order valence-electron chi connectivity index (χ1n) is 12.3. The Morgan fingerprint density at radius 1 is 0.750 bits per heavy atom. The number of ether oxygens (including phenoxy) is 1. The van der Waals surface area contributed by atoms with Crippen molar-refractivity contribution in [1.82, 2.24) is 0 Å². The summed E-state index contributed by atoms with van der Waals surface area (Å²) < 4.78 is 53.2. The molecule has 0 fully saturated rings. The monoisotopic (exact) mass is 536 g/mol. The summed E-state index contributed by atoms with van der Waals surface area (Å²) in [6.07, 6.45) is -2.12. The van der Waals surface area contributed by atoms with Crippen LogP contribution in [0.2, 0.25) is 0 Å². The number of hydrogen-bond donors (Lipinski definition) is 0. The fraction of sp³-hybridized carbons (Fsp3) is 0.0303. The van der Waals surface area contributed by atoms with Gasteiger partial charge in [0, 0.05) is 12.1 Å². The summed E-state index contributed by atoms with van der Waals surface area (Å²) in [5, 5.41) is 3.06. The van der Waals surface area contributed by atoms with Crippen LogP contribution in [0.1, 0.15) is 11.3 Å². The molecule has 0 spiro atoms. The predicted octanol–water partition coefficient (Wildman–Crippen LogP) is 8.40. The third kappa shape index (κ3) is 4.62. The van der Waals surface area contributed by atoms with E-state index in [0.29, 0.717) is 10.8 Å². The van der Waals surface area contributed by atoms with E-state index in [4.69, 9.17) is 9.15 Å². The first kappa shape index (κ1) is 25.1. The van der Waals surface area contributed by atoms with E-state index >= 15 is 0 Å². The second-order valence-electron chi connectivity index (χ2n) is 9.14. The molecule has 0 saturated heterocycles. The highest BCUT2D eigenvalue weighted by atomic mass is 19.4. The van der Waals surface area contributed by atoms with Gasteiger partial charge < -0.3 is 9.15 Å². The van der Waals surface area contributed by atoms with Crippen LogP contribution < -0.4 is 10.2 Å². The SMILES string of the molecule is O=C(C=Cc1cccc2ccccc12)Oc1ccc2c(=O)c(-c3cccc4ccccc34)c(C(F)(F)F)oc2c1. The minimum atomic E-state index is -4.95. The molecule has 0 aliphatic heterocycles. The number of carbonyl (C=O) groups is 1. The zero-order valence-electron chi connectivity index (χ0n) is 20.7. The Morgan fingerprint density at radius 3 is 2.15 bits per heavy atom. The van der Waals surface area contributed by atoms with Gasteiger partial charge in [0.15, 0.2) is 0 Å². The van der Waals surface area contributed by atoms with Crippen LogP contribution in [-0.2, 0) is 11.0 Å². The second kappa shape index (κ2) is 9.85. The van der Waals surface area contributed by atoms with Crippen LogP contribution in [0.15, 0.2) is 118 Å². The standard InChI is InChI=1S/C33H19F3O4/c34-33(35,36)32-30(26-14-6-11-21-8-2-4-13-25(21)26)31(38)27-17-16-23(19-28(27)40-32)39-29(37)18-15-22-10-5-9-20-7-1-3-12-24(20)22/h1-19H. The van der Waals surface area contributed by atoms with E-state index in [0.717, 1.165) is 22.4 Å². The minimum absolute atomic E-state index is 0.0609. The second-order valence-corrected chi connectivity index (χ2v) is 9.14. The van der Waals surface area contributed by atoms with Crippen LogP contribution in [-0.4, -0.2) is 5.97 Å². The zero-order chi connectivity index (χ0) is 27.9. The minimum Gasteiger partial charge on any atom is -0.450 e. The molecule has 4 nitrogen and oxygen atoms in total. The van der Waals surface area contributed by atoms with Crippen LogP contribution in [0, 0.1) is 0 Å². The molecule has 0 radical (unpaired) electrons. The van der Waals surface area contributed by atoms with Gasteiger partial charge in [0.25, 0.3) is 0 Å². The summed E-state index contributed by atoms with van der Waals surface area (Å²) in [5.74, 6) is -2.21. The van der Waals surface area contributed by atoms with Gasteiger partial charge in [0.2, 0.25) is 11.2 Å². The summed E-state index contributed by atoms with van der Waals surface area (Å²) in [5.41, 5.74) is -0.826. The number of alkyl halides is 3. The average molecular weight is 537 g/mol. The number of halogens is 3. The Bertz CT molecular complexity index is 2010. The fourth-order valence-electron chi connectivity index (χ4n) is 4.83. The van der Waals surface area contributed by atoms with E-state index < -0.39 is 28.9 Å². The van der Waals surface area contributed by atoms with Crippen LogP contribution in [0.25, 0.3) is 49.7 Å². The summed E-state index contributed by atoms with van der Waals surface area (Å²) >= 11 is 0. The molecule has 196 valence electrons. The molecule has 0 unspecified atom stereocenters. The molecule has 0 aliphatic rings. The van der Waals surface area contributed by atoms with E-state index in [1.165, 1.54) is 24.3 Å². The van der Waals surface area contributed by atoms with Crippen LogP contribution >= 0.6 is 0 Å². The molecule has 0 bridgehead atoms. The van der Waals surface area contributed by atoms with Crippen molar-refractivity contribution in [3.63, 3.8) is 0 Å². The quantitative estimate of drug-likeness (QED) is 0.129. The van der Waals surface area contributed by atoms with Crippen LogP contribution in [0.4, 0.5) is 13.2 Å². The average Bonchev–Trinajstić information content (AvgIpc) is 2.95. The molecule has 0 amide bonds. The largest absolute Gasteiger partial charge is 0.450 e. The molecule has 5 aromatic carbocycles. The first-order chi connectivity index (χ1) is 19.3. The normalized spacial score (nSPS) is 12.0. The molecule has 0 aliphatic carbocycles. The number of esters is 1. The van der Waals surface area contributed by atoms with Crippen molar-refractivity contribution in [2.45, 2.75) is 6.18 Å². The van der Waals surface area contributed by atoms with E-state index in [-0.39, 0.29) is 22.3 Å². The Balaban J connectivity index is 1.38. The molecule has 0 N–H and O–H groups in total. The van der Waals surface area contributed by atoms with Gasteiger partial charge >= 0.3 is 12.1 Å². The zero-order valence-corrected chi connectivity index (χ0v) is 20.7. The number of fused-ring (bicyclic) bond motifs is 3. The number of rotatable bonds is 4. The summed E-state index contributed by atoms with van der Waals surface area (Å²) in [7, 11) is 0. The number of hydrogen-bond acceptors (Lipinski definition) is 4. The molecule has 40 heavy (non-hydrogen) atoms. The maximum atomic E-state index is 14.2. The third-order valence-corrected chi connectivity index (χ3v) is 6.62. The maximum absolute atomic E-state index is 14.2. The lowest BCUT2D eigenvalue weighted by molar-refractivity contribution is -0.152. The van der Waals surface area contributed by atoms with Crippen molar-refractivity contribution >= 4 is 44.6 Å². The highest BCUT2D eigenvalue weighted by Gasteiger charge is 2.39. The van der Waals surface area contributed by atoms with Gasteiger partial charge in [-0.1, -0.05) is 84.9 Å². The van der Waals surface area contributed by atoms with E-state index in [1.54, 1.807) is 42.5 Å². The van der Waals surface area contributed by atoms with Crippen LogP contribution in [0.5, 0.6) is 5.75 Å². The Labute approximate surface area is 225 Å². The lowest BCUT2D eigenvalue weighted by Gasteiger charge is -2.14. The maximum Gasteiger partial charge on any atom is 0.450 e. The van der Waals surface area contributed by atoms with Crippen molar-refractivity contribution in [3.8, 4) is 16.9 Å². The molecule has 0 saturated carbocycles. The first-order valence-corrected chi connectivity index (χ1v) is 12.3. The molecular formula is C33H19F3O4. The van der Waals surface area contributed by atoms with Crippen molar-refractivity contribution in [2.24, 2.45) is 0 Å². The van der Waals surface area contributed by atoms with Crippen LogP contribution in [0.3, 0.4) is 0 Å². The van der Waals surface area contributed by atoms with E-state index in [2.05, 4.69) is 0 Å². The number of benzene rings is 5. The third-order valence-electron chi connectivity index (χ3n) is 6.62. The smallest absolute Gasteiger partial charge is 0.450 e. The summed E-state index contributed by atoms with van der Waals surface area (Å²) in [4.78, 5) is 26.0. The highest BCUT2D eigenvalue weighted by Crippen LogP contribution is 2.39. The van der Waals surface area contributed by atoms with Gasteiger partial charge in [-0.2, -0.15) is 13.2 Å².